The molecule has 0 aromatic carbocycles. The van der Waals surface area contributed by atoms with Crippen molar-refractivity contribution in [1.29, 1.82) is 0 Å². The second-order valence-corrected chi connectivity index (χ2v) is 6.14. The van der Waals surface area contributed by atoms with Gasteiger partial charge in [-0.15, -0.1) is 0 Å². The van der Waals surface area contributed by atoms with Gasteiger partial charge in [0.2, 0.25) is 5.60 Å². The lowest BCUT2D eigenvalue weighted by Crippen LogP contribution is -2.60. The van der Waals surface area contributed by atoms with Gasteiger partial charge in [-0.25, -0.2) is 0 Å². The summed E-state index contributed by atoms with van der Waals surface area (Å²) in [5.74, 6) is -0.111. The van der Waals surface area contributed by atoms with Crippen molar-refractivity contribution in [2.75, 3.05) is 46.5 Å². The Bertz CT molecular complexity index is 521. The van der Waals surface area contributed by atoms with Gasteiger partial charge in [0.1, 0.15) is 0 Å². The van der Waals surface area contributed by atoms with Crippen LogP contribution < -0.4 is 0 Å². The minimum absolute atomic E-state index is 0.111. The highest BCUT2D eigenvalue weighted by Gasteiger charge is 2.51. The molecule has 1 aromatic heterocycles. The Hall–Kier alpha value is -1.15. The van der Waals surface area contributed by atoms with Crippen LogP contribution in [0.4, 0.5) is 0 Å². The Kier molecular flexibility index (Phi) is 7.03. The van der Waals surface area contributed by atoms with E-state index in [1.807, 2.05) is 32.0 Å². The zero-order valence-electron chi connectivity index (χ0n) is 14.6. The molecule has 6 nitrogen and oxygen atoms in total. The summed E-state index contributed by atoms with van der Waals surface area (Å²) >= 11 is 4.81. The molecule has 0 saturated carbocycles. The number of hydrogen-bond acceptors (Lipinski definition) is 6. The largest absolute Gasteiger partial charge is 0.379 e. The first-order valence-corrected chi connectivity index (χ1v) is 8.89. The number of carbonyl (C=O) groups is 1. The average molecular weight is 353 g/mol. The summed E-state index contributed by atoms with van der Waals surface area (Å²) in [7, 11) is 1.56. The van der Waals surface area contributed by atoms with Crippen molar-refractivity contribution < 1.29 is 14.3 Å². The monoisotopic (exact) mass is 353 g/mol. The number of morpholine rings is 1. The van der Waals surface area contributed by atoms with E-state index in [0.717, 1.165) is 0 Å². The quantitative estimate of drug-likeness (QED) is 0.751. The van der Waals surface area contributed by atoms with E-state index in [9.17, 15) is 4.79 Å². The van der Waals surface area contributed by atoms with Crippen LogP contribution in [0.1, 0.15) is 19.5 Å². The van der Waals surface area contributed by atoms with Crippen molar-refractivity contribution in [1.82, 2.24) is 14.8 Å². The number of methoxy groups -OCH3 is 1. The number of amides is 1. The lowest BCUT2D eigenvalue weighted by Gasteiger charge is -2.44. The second kappa shape index (κ2) is 8.80. The third kappa shape index (κ3) is 3.59. The molecule has 134 valence electrons. The van der Waals surface area contributed by atoms with Crippen LogP contribution in [0.25, 0.3) is 0 Å². The van der Waals surface area contributed by atoms with Crippen LogP contribution in [-0.2, 0) is 19.9 Å². The number of carbonyl (C=O) groups excluding carboxylic acids is 1. The summed E-state index contributed by atoms with van der Waals surface area (Å²) in [6.07, 6.45) is 1.68. The molecule has 0 aliphatic carbocycles. The Morgan fingerprint density at radius 1 is 1.42 bits per heavy atom. The smallest absolute Gasteiger partial charge is 0.263 e. The predicted octanol–water partition coefficient (Wildman–Crippen LogP) is 1.38. The summed E-state index contributed by atoms with van der Waals surface area (Å²) in [4.78, 5) is 21.7. The molecule has 2 unspecified atom stereocenters. The van der Waals surface area contributed by atoms with E-state index in [1.54, 1.807) is 18.2 Å². The molecule has 0 radical (unpaired) electrons. The zero-order valence-corrected chi connectivity index (χ0v) is 15.5. The highest BCUT2D eigenvalue weighted by molar-refractivity contribution is 7.81. The van der Waals surface area contributed by atoms with E-state index in [-0.39, 0.29) is 5.91 Å². The van der Waals surface area contributed by atoms with E-state index in [2.05, 4.69) is 9.88 Å². The van der Waals surface area contributed by atoms with Crippen LogP contribution in [-0.4, -0.2) is 72.6 Å². The lowest BCUT2D eigenvalue weighted by atomic mass is 9.94. The number of ether oxygens (including phenoxy) is 2. The third-order valence-corrected chi connectivity index (χ3v) is 5.18. The maximum absolute atomic E-state index is 13.4. The van der Waals surface area contributed by atoms with Gasteiger partial charge in [0.25, 0.3) is 5.91 Å². The molecule has 0 spiro atoms. The van der Waals surface area contributed by atoms with Crippen LogP contribution in [0.5, 0.6) is 0 Å². The summed E-state index contributed by atoms with van der Waals surface area (Å²) < 4.78 is 11.3. The van der Waals surface area contributed by atoms with Crippen molar-refractivity contribution >= 4 is 18.5 Å². The Balaban J connectivity index is 2.48. The van der Waals surface area contributed by atoms with Gasteiger partial charge >= 0.3 is 0 Å². The van der Waals surface area contributed by atoms with Gasteiger partial charge < -0.3 is 14.4 Å². The van der Waals surface area contributed by atoms with Gasteiger partial charge in [0.05, 0.1) is 24.3 Å². The molecule has 24 heavy (non-hydrogen) atoms. The molecular formula is C17H27N3O3S. The van der Waals surface area contributed by atoms with E-state index < -0.39 is 11.0 Å². The molecule has 2 rings (SSSR count). The number of pyridine rings is 1. The standard InChI is InChI=1S/C17H27N3O3S/c1-4-19(5-2)15(21)17(22-3,14-8-6-7-9-18-14)16(24)20-10-12-23-13-11-20/h6-9,16,24H,4-5,10-13H2,1-3H3. The van der Waals surface area contributed by atoms with Crippen LogP contribution >= 0.6 is 12.6 Å². The van der Waals surface area contributed by atoms with Crippen molar-refractivity contribution in [2.45, 2.75) is 24.8 Å². The summed E-state index contributed by atoms with van der Waals surface area (Å²) in [5, 5.41) is -0.450. The second-order valence-electron chi connectivity index (χ2n) is 5.65. The Labute approximate surface area is 149 Å². The first kappa shape index (κ1) is 19.2. The van der Waals surface area contributed by atoms with Gasteiger partial charge in [0, 0.05) is 39.5 Å². The molecule has 1 aliphatic heterocycles. The minimum Gasteiger partial charge on any atom is -0.379 e. The van der Waals surface area contributed by atoms with Crippen LogP contribution in [0, 0.1) is 0 Å². The van der Waals surface area contributed by atoms with Crippen LogP contribution in [0.3, 0.4) is 0 Å². The number of aromatic nitrogens is 1. The SMILES string of the molecule is CCN(CC)C(=O)C(OC)(c1ccccn1)C(S)N1CCOCC1. The molecule has 7 heteroatoms. The summed E-state index contributed by atoms with van der Waals surface area (Å²) in [5.41, 5.74) is -0.677. The van der Waals surface area contributed by atoms with Crippen LogP contribution in [0.2, 0.25) is 0 Å². The molecule has 1 fully saturated rings. The number of likely N-dealkylation sites (N-methyl/N-ethyl adjacent to an activating group) is 1. The molecular weight excluding hydrogens is 326 g/mol. The van der Waals surface area contributed by atoms with E-state index >= 15 is 0 Å². The molecule has 1 aliphatic rings. The molecule has 0 N–H and O–H groups in total. The van der Waals surface area contributed by atoms with Gasteiger partial charge in [-0.1, -0.05) is 6.07 Å². The molecule has 2 atom stereocenters. The minimum atomic E-state index is -1.26. The van der Waals surface area contributed by atoms with Gasteiger partial charge in [0.15, 0.2) is 0 Å². The van der Waals surface area contributed by atoms with Crippen molar-refractivity contribution in [3.8, 4) is 0 Å². The number of nitrogens with zero attached hydrogens (tertiary/aromatic N) is 3. The first-order valence-electron chi connectivity index (χ1n) is 8.37. The average Bonchev–Trinajstić information content (AvgIpc) is 2.65. The maximum atomic E-state index is 13.4. The molecule has 1 amide bonds. The first-order chi connectivity index (χ1) is 11.6. The van der Waals surface area contributed by atoms with Crippen molar-refractivity contribution in [3.05, 3.63) is 30.1 Å². The highest BCUT2D eigenvalue weighted by Crippen LogP contribution is 2.35. The predicted molar refractivity (Wildman–Crippen MR) is 96.0 cm³/mol. The fraction of sp³-hybridized carbons (Fsp3) is 0.647. The van der Waals surface area contributed by atoms with Crippen molar-refractivity contribution in [2.24, 2.45) is 0 Å². The molecule has 0 bridgehead atoms. The number of thiol groups is 1. The Morgan fingerprint density at radius 2 is 2.08 bits per heavy atom. The number of rotatable bonds is 7. The third-order valence-electron chi connectivity index (χ3n) is 4.49. The Morgan fingerprint density at radius 3 is 2.58 bits per heavy atom. The van der Waals surface area contributed by atoms with E-state index in [1.165, 1.54) is 0 Å². The van der Waals surface area contributed by atoms with E-state index in [4.69, 9.17) is 22.1 Å². The number of hydrogen-bond donors (Lipinski definition) is 1. The maximum Gasteiger partial charge on any atom is 0.263 e. The fourth-order valence-corrected chi connectivity index (χ4v) is 3.64. The van der Waals surface area contributed by atoms with Crippen LogP contribution in [0.15, 0.2) is 24.4 Å². The van der Waals surface area contributed by atoms with Crippen molar-refractivity contribution in [3.63, 3.8) is 0 Å². The summed E-state index contributed by atoms with van der Waals surface area (Å²) in [6.45, 7) is 7.80. The van der Waals surface area contributed by atoms with Gasteiger partial charge in [-0.3, -0.25) is 14.7 Å². The summed E-state index contributed by atoms with van der Waals surface area (Å²) in [6, 6.07) is 5.52. The van der Waals surface area contributed by atoms with Gasteiger partial charge in [-0.2, -0.15) is 12.6 Å². The van der Waals surface area contributed by atoms with Gasteiger partial charge in [-0.05, 0) is 26.0 Å². The lowest BCUT2D eigenvalue weighted by molar-refractivity contribution is -0.163. The topological polar surface area (TPSA) is 54.9 Å². The zero-order chi connectivity index (χ0) is 17.6. The molecule has 1 saturated heterocycles. The molecule has 1 aromatic rings. The van der Waals surface area contributed by atoms with E-state index in [0.29, 0.717) is 45.1 Å². The molecule has 2 heterocycles. The highest BCUT2D eigenvalue weighted by atomic mass is 32.1. The normalized spacial score (nSPS) is 19.5. The fourth-order valence-electron chi connectivity index (χ4n) is 3.06.